The van der Waals surface area contributed by atoms with Crippen molar-refractivity contribution >= 4 is 16.2 Å². The van der Waals surface area contributed by atoms with E-state index in [1.165, 1.54) is 10.9 Å². The summed E-state index contributed by atoms with van der Waals surface area (Å²) >= 11 is -1.47. The van der Waals surface area contributed by atoms with Crippen molar-refractivity contribution in [1.82, 2.24) is 9.78 Å². The SMILES string of the molecule is Cn1cc(C[S+]([O-])C2=NOC(C)(C)C2)c(C(F)F)n1. The van der Waals surface area contributed by atoms with Crippen molar-refractivity contribution in [2.45, 2.75) is 38.0 Å². The van der Waals surface area contributed by atoms with Gasteiger partial charge in [0, 0.05) is 30.0 Å². The van der Waals surface area contributed by atoms with Crippen LogP contribution in [0.25, 0.3) is 0 Å². The smallest absolute Gasteiger partial charge is 0.282 e. The number of oxime groups is 1. The number of hydrogen-bond acceptors (Lipinski definition) is 4. The summed E-state index contributed by atoms with van der Waals surface area (Å²) in [6.45, 7) is 3.66. The minimum Gasteiger partial charge on any atom is -0.610 e. The Morgan fingerprint density at radius 3 is 2.79 bits per heavy atom. The second-order valence-electron chi connectivity index (χ2n) is 5.02. The topological polar surface area (TPSA) is 62.5 Å². The molecule has 8 heteroatoms. The molecule has 0 radical (unpaired) electrons. The zero-order valence-corrected chi connectivity index (χ0v) is 11.7. The van der Waals surface area contributed by atoms with Gasteiger partial charge in [0.25, 0.3) is 11.5 Å². The molecule has 0 bridgehead atoms. The molecule has 2 heterocycles. The van der Waals surface area contributed by atoms with Gasteiger partial charge in [0.05, 0.1) is 6.42 Å². The molecule has 0 amide bonds. The number of alkyl halides is 2. The molecule has 106 valence electrons. The molecular weight excluding hydrogens is 276 g/mol. The van der Waals surface area contributed by atoms with Crippen LogP contribution in [0.1, 0.15) is 38.0 Å². The highest BCUT2D eigenvalue weighted by atomic mass is 32.2. The first kappa shape index (κ1) is 14.3. The maximum Gasteiger partial charge on any atom is 0.282 e. The van der Waals surface area contributed by atoms with E-state index in [0.717, 1.165) is 0 Å². The molecule has 1 aliphatic heterocycles. The molecule has 0 N–H and O–H groups in total. The summed E-state index contributed by atoms with van der Waals surface area (Å²) in [5.41, 5.74) is -0.524. The van der Waals surface area contributed by atoms with Crippen LogP contribution in [0, 0.1) is 0 Å². The second-order valence-corrected chi connectivity index (χ2v) is 6.47. The lowest BCUT2D eigenvalue weighted by Crippen LogP contribution is -2.23. The molecule has 0 aliphatic carbocycles. The van der Waals surface area contributed by atoms with Crippen molar-refractivity contribution in [3.63, 3.8) is 0 Å². The Labute approximate surface area is 112 Å². The average Bonchev–Trinajstić information content (AvgIpc) is 2.81. The zero-order chi connectivity index (χ0) is 14.2. The van der Waals surface area contributed by atoms with Crippen LogP contribution in [0.4, 0.5) is 8.78 Å². The van der Waals surface area contributed by atoms with E-state index in [4.69, 9.17) is 4.84 Å². The van der Waals surface area contributed by atoms with E-state index < -0.39 is 23.2 Å². The predicted octanol–water partition coefficient (Wildman–Crippen LogP) is 2.12. The summed E-state index contributed by atoms with van der Waals surface area (Å²) in [4.78, 5) is 5.12. The molecule has 0 aromatic carbocycles. The summed E-state index contributed by atoms with van der Waals surface area (Å²) < 4.78 is 38.9. The van der Waals surface area contributed by atoms with E-state index in [9.17, 15) is 13.3 Å². The molecule has 1 aliphatic rings. The fourth-order valence-corrected chi connectivity index (χ4v) is 3.10. The Morgan fingerprint density at radius 1 is 1.58 bits per heavy atom. The van der Waals surface area contributed by atoms with E-state index >= 15 is 0 Å². The van der Waals surface area contributed by atoms with Crippen molar-refractivity contribution in [2.24, 2.45) is 12.2 Å². The molecule has 1 atom stereocenters. The summed E-state index contributed by atoms with van der Waals surface area (Å²) in [6, 6.07) is 0. The van der Waals surface area contributed by atoms with E-state index in [2.05, 4.69) is 10.3 Å². The fraction of sp³-hybridized carbons (Fsp3) is 0.636. The third kappa shape index (κ3) is 3.24. The van der Waals surface area contributed by atoms with E-state index in [-0.39, 0.29) is 17.0 Å². The highest BCUT2D eigenvalue weighted by Gasteiger charge is 2.36. The van der Waals surface area contributed by atoms with Gasteiger partial charge in [0.2, 0.25) is 0 Å². The van der Waals surface area contributed by atoms with Crippen LogP contribution in [-0.2, 0) is 28.8 Å². The van der Waals surface area contributed by atoms with Crippen molar-refractivity contribution in [3.05, 3.63) is 17.5 Å². The van der Waals surface area contributed by atoms with Gasteiger partial charge in [-0.3, -0.25) is 4.68 Å². The summed E-state index contributed by atoms with van der Waals surface area (Å²) in [6.07, 6.45) is -0.781. The third-order valence-electron chi connectivity index (χ3n) is 2.66. The van der Waals surface area contributed by atoms with Gasteiger partial charge in [-0.05, 0) is 19.0 Å². The third-order valence-corrected chi connectivity index (χ3v) is 3.98. The molecule has 0 saturated heterocycles. The maximum absolute atomic E-state index is 12.8. The van der Waals surface area contributed by atoms with Crippen LogP contribution in [0.3, 0.4) is 0 Å². The molecule has 0 spiro atoms. The maximum atomic E-state index is 12.8. The zero-order valence-electron chi connectivity index (χ0n) is 10.9. The van der Waals surface area contributed by atoms with Gasteiger partial charge in [-0.2, -0.15) is 5.10 Å². The normalized spacial score (nSPS) is 19.4. The van der Waals surface area contributed by atoms with Gasteiger partial charge in [0.1, 0.15) is 17.0 Å². The van der Waals surface area contributed by atoms with Crippen LogP contribution in [-0.4, -0.2) is 25.0 Å². The minimum absolute atomic E-state index is 0.0220. The monoisotopic (exact) mass is 291 g/mol. The van der Waals surface area contributed by atoms with Crippen molar-refractivity contribution in [2.75, 3.05) is 0 Å². The first-order valence-electron chi connectivity index (χ1n) is 5.72. The lowest BCUT2D eigenvalue weighted by molar-refractivity contribution is 0.0123. The predicted molar refractivity (Wildman–Crippen MR) is 67.2 cm³/mol. The van der Waals surface area contributed by atoms with Gasteiger partial charge < -0.3 is 9.39 Å². The Hall–Kier alpha value is -1.15. The molecule has 1 unspecified atom stereocenters. The number of aromatic nitrogens is 2. The summed E-state index contributed by atoms with van der Waals surface area (Å²) in [5, 5.41) is 7.84. The van der Waals surface area contributed by atoms with Crippen LogP contribution in [0.5, 0.6) is 0 Å². The Morgan fingerprint density at radius 2 is 2.26 bits per heavy atom. The largest absolute Gasteiger partial charge is 0.610 e. The number of halogens is 2. The molecule has 1 aromatic rings. The lowest BCUT2D eigenvalue weighted by atomic mass is 10.1. The average molecular weight is 291 g/mol. The molecular formula is C11H15F2N3O2S. The number of hydrogen-bond donors (Lipinski definition) is 0. The van der Waals surface area contributed by atoms with Gasteiger partial charge in [-0.1, -0.05) is 0 Å². The van der Waals surface area contributed by atoms with Crippen molar-refractivity contribution in [1.29, 1.82) is 0 Å². The Bertz CT molecular complexity index is 502. The highest BCUT2D eigenvalue weighted by Crippen LogP contribution is 2.28. The fourth-order valence-electron chi connectivity index (χ4n) is 1.80. The van der Waals surface area contributed by atoms with E-state index in [1.54, 1.807) is 7.05 Å². The lowest BCUT2D eigenvalue weighted by Gasteiger charge is -2.13. The van der Waals surface area contributed by atoms with Gasteiger partial charge in [-0.25, -0.2) is 8.78 Å². The van der Waals surface area contributed by atoms with Gasteiger partial charge >= 0.3 is 0 Å². The first-order chi connectivity index (χ1) is 8.78. The molecule has 2 rings (SSSR count). The molecule has 19 heavy (non-hydrogen) atoms. The second kappa shape index (κ2) is 5.09. The van der Waals surface area contributed by atoms with Gasteiger partial charge in [0.15, 0.2) is 0 Å². The quantitative estimate of drug-likeness (QED) is 0.801. The van der Waals surface area contributed by atoms with Crippen LogP contribution in [0.2, 0.25) is 0 Å². The number of nitrogens with zero attached hydrogens (tertiary/aromatic N) is 3. The van der Waals surface area contributed by atoms with Crippen molar-refractivity contribution in [3.8, 4) is 0 Å². The van der Waals surface area contributed by atoms with Gasteiger partial charge in [-0.15, -0.1) is 0 Å². The molecule has 5 nitrogen and oxygen atoms in total. The van der Waals surface area contributed by atoms with Crippen LogP contribution < -0.4 is 0 Å². The number of aryl methyl sites for hydroxylation is 1. The van der Waals surface area contributed by atoms with E-state index in [0.29, 0.717) is 11.5 Å². The van der Waals surface area contributed by atoms with Crippen LogP contribution >= 0.6 is 0 Å². The van der Waals surface area contributed by atoms with Crippen molar-refractivity contribution < 1.29 is 18.2 Å². The highest BCUT2D eigenvalue weighted by molar-refractivity contribution is 8.05. The minimum atomic E-state index is -2.67. The Kier molecular flexibility index (Phi) is 3.82. The standard InChI is InChI=1S/C11H15F2N3O2S/c1-11(2)4-8(15-18-11)19(17)6-7-5-16(3)14-9(7)10(12)13/h5,10H,4,6H2,1-3H3. The Balaban J connectivity index is 2.09. The summed E-state index contributed by atoms with van der Waals surface area (Å²) in [5.74, 6) is -0.0220. The molecule has 0 saturated carbocycles. The molecule has 1 aromatic heterocycles. The van der Waals surface area contributed by atoms with Crippen LogP contribution in [0.15, 0.2) is 11.4 Å². The first-order valence-corrected chi connectivity index (χ1v) is 7.04. The molecule has 0 fully saturated rings. The number of rotatable bonds is 3. The summed E-state index contributed by atoms with van der Waals surface area (Å²) in [7, 11) is 1.55. The van der Waals surface area contributed by atoms with E-state index in [1.807, 2.05) is 13.8 Å².